The summed E-state index contributed by atoms with van der Waals surface area (Å²) in [5, 5.41) is 3.62. The van der Waals surface area contributed by atoms with E-state index < -0.39 is 10.0 Å². The van der Waals surface area contributed by atoms with Gasteiger partial charge >= 0.3 is 0 Å². The number of nitrogens with one attached hydrogen (secondary N) is 1. The van der Waals surface area contributed by atoms with Crippen molar-refractivity contribution in [2.75, 3.05) is 11.4 Å². The lowest BCUT2D eigenvalue weighted by Crippen LogP contribution is -2.35. The number of carbonyl (C=O) groups is 1. The molecular weight excluding hydrogens is 420 g/mol. The number of halogens is 1. The van der Waals surface area contributed by atoms with Crippen molar-refractivity contribution in [3.05, 3.63) is 58.6 Å². The smallest absolute Gasteiger partial charge is 0.264 e. The van der Waals surface area contributed by atoms with Crippen LogP contribution >= 0.6 is 11.6 Å². The number of hydrogen-bond donors (Lipinski definition) is 1. The first-order valence-corrected chi connectivity index (χ1v) is 12.3. The number of anilines is 1. The molecule has 2 aromatic rings. The number of amides is 1. The fraction of sp³-hybridized carbons (Fsp3) is 0.435. The molecule has 30 heavy (non-hydrogen) atoms. The first-order chi connectivity index (χ1) is 14.3. The average molecular weight is 449 g/mol. The Morgan fingerprint density at radius 3 is 2.23 bits per heavy atom. The highest BCUT2D eigenvalue weighted by molar-refractivity contribution is 7.92. The molecule has 2 aromatic carbocycles. The Morgan fingerprint density at radius 1 is 1.00 bits per heavy atom. The van der Waals surface area contributed by atoms with Gasteiger partial charge in [-0.2, -0.15) is 0 Å². The van der Waals surface area contributed by atoms with E-state index in [0.29, 0.717) is 16.3 Å². The van der Waals surface area contributed by atoms with Crippen LogP contribution in [0.3, 0.4) is 0 Å². The van der Waals surface area contributed by atoms with Crippen molar-refractivity contribution in [3.63, 3.8) is 0 Å². The lowest BCUT2D eigenvalue weighted by molar-refractivity contribution is 0.0930. The van der Waals surface area contributed by atoms with Gasteiger partial charge in [-0.05, 0) is 61.7 Å². The Bertz CT molecular complexity index is 982. The zero-order valence-corrected chi connectivity index (χ0v) is 19.1. The number of carbonyl (C=O) groups excluding carboxylic acids is 1. The van der Waals surface area contributed by atoms with Crippen LogP contribution in [0.2, 0.25) is 5.02 Å². The Morgan fingerprint density at radius 2 is 1.60 bits per heavy atom. The van der Waals surface area contributed by atoms with Crippen LogP contribution in [0.25, 0.3) is 0 Å². The van der Waals surface area contributed by atoms with Crippen LogP contribution in [0.15, 0.2) is 47.4 Å². The van der Waals surface area contributed by atoms with E-state index in [2.05, 4.69) is 5.32 Å². The minimum absolute atomic E-state index is 0.151. The molecule has 0 heterocycles. The van der Waals surface area contributed by atoms with Gasteiger partial charge in [0.05, 0.1) is 10.6 Å². The van der Waals surface area contributed by atoms with Crippen molar-refractivity contribution in [2.45, 2.75) is 62.8 Å². The van der Waals surface area contributed by atoms with Crippen molar-refractivity contribution in [1.82, 2.24) is 5.32 Å². The molecule has 1 N–H and O–H groups in total. The summed E-state index contributed by atoms with van der Waals surface area (Å²) in [5.74, 6) is -0.154. The van der Waals surface area contributed by atoms with E-state index in [1.54, 1.807) is 30.3 Å². The van der Waals surface area contributed by atoms with Gasteiger partial charge in [0, 0.05) is 23.7 Å². The number of aryl methyl sites for hydroxylation is 1. The second kappa shape index (κ2) is 9.84. The molecule has 3 rings (SSSR count). The second-order valence-corrected chi connectivity index (χ2v) is 10.3. The highest BCUT2D eigenvalue weighted by atomic mass is 35.5. The average Bonchev–Trinajstić information content (AvgIpc) is 2.70. The topological polar surface area (TPSA) is 66.5 Å². The maximum Gasteiger partial charge on any atom is 0.264 e. The number of rotatable bonds is 5. The molecule has 1 fully saturated rings. The van der Waals surface area contributed by atoms with E-state index in [0.717, 1.165) is 31.2 Å². The van der Waals surface area contributed by atoms with Crippen molar-refractivity contribution in [1.29, 1.82) is 0 Å². The van der Waals surface area contributed by atoms with E-state index >= 15 is 0 Å². The molecule has 1 aliphatic carbocycles. The van der Waals surface area contributed by atoms with Crippen LogP contribution in [-0.2, 0) is 10.0 Å². The van der Waals surface area contributed by atoms with Gasteiger partial charge in [0.15, 0.2) is 0 Å². The second-order valence-electron chi connectivity index (χ2n) is 7.94. The quantitative estimate of drug-likeness (QED) is 0.673. The predicted molar refractivity (Wildman–Crippen MR) is 122 cm³/mol. The third-order valence-electron chi connectivity index (χ3n) is 5.72. The van der Waals surface area contributed by atoms with Crippen LogP contribution in [0.5, 0.6) is 0 Å². The van der Waals surface area contributed by atoms with E-state index in [1.165, 1.54) is 42.7 Å². The fourth-order valence-electron chi connectivity index (χ4n) is 3.85. The summed E-state index contributed by atoms with van der Waals surface area (Å²) in [5.41, 5.74) is 1.73. The van der Waals surface area contributed by atoms with E-state index in [9.17, 15) is 13.2 Å². The zero-order valence-electron chi connectivity index (χ0n) is 17.5. The van der Waals surface area contributed by atoms with Gasteiger partial charge in [0.1, 0.15) is 0 Å². The first-order valence-electron chi connectivity index (χ1n) is 10.4. The van der Waals surface area contributed by atoms with Gasteiger partial charge in [0.2, 0.25) is 0 Å². The lowest BCUT2D eigenvalue weighted by Gasteiger charge is -2.23. The number of hydrogen-bond acceptors (Lipinski definition) is 3. The maximum absolute atomic E-state index is 13.0. The number of benzene rings is 2. The minimum atomic E-state index is -3.77. The monoisotopic (exact) mass is 448 g/mol. The van der Waals surface area contributed by atoms with Crippen LogP contribution in [0.4, 0.5) is 5.69 Å². The minimum Gasteiger partial charge on any atom is -0.349 e. The zero-order chi connectivity index (χ0) is 21.7. The lowest BCUT2D eigenvalue weighted by atomic mass is 9.96. The highest BCUT2D eigenvalue weighted by Crippen LogP contribution is 2.27. The van der Waals surface area contributed by atoms with E-state index in [4.69, 9.17) is 11.6 Å². The van der Waals surface area contributed by atoms with Crippen LogP contribution in [-0.4, -0.2) is 27.4 Å². The van der Waals surface area contributed by atoms with Crippen molar-refractivity contribution >= 4 is 33.2 Å². The Balaban J connectivity index is 1.81. The van der Waals surface area contributed by atoms with Gasteiger partial charge in [-0.3, -0.25) is 9.10 Å². The number of nitrogens with zero attached hydrogens (tertiary/aromatic N) is 1. The summed E-state index contributed by atoms with van der Waals surface area (Å²) in [6, 6.07) is 11.4. The summed E-state index contributed by atoms with van der Waals surface area (Å²) in [4.78, 5) is 13.0. The van der Waals surface area contributed by atoms with E-state index in [-0.39, 0.29) is 16.8 Å². The van der Waals surface area contributed by atoms with Crippen molar-refractivity contribution in [3.8, 4) is 0 Å². The maximum atomic E-state index is 13.0. The van der Waals surface area contributed by atoms with Crippen molar-refractivity contribution < 1.29 is 13.2 Å². The number of sulfonamides is 1. The molecule has 1 saturated carbocycles. The fourth-order valence-corrected chi connectivity index (χ4v) is 5.23. The van der Waals surface area contributed by atoms with Crippen LogP contribution < -0.4 is 9.62 Å². The molecule has 7 heteroatoms. The van der Waals surface area contributed by atoms with Gasteiger partial charge in [-0.1, -0.05) is 49.8 Å². The van der Waals surface area contributed by atoms with Crippen LogP contribution in [0.1, 0.15) is 60.9 Å². The highest BCUT2D eigenvalue weighted by Gasteiger charge is 2.24. The Kier molecular flexibility index (Phi) is 7.42. The Hall–Kier alpha value is -2.05. The molecule has 0 aliphatic heterocycles. The summed E-state index contributed by atoms with van der Waals surface area (Å²) < 4.78 is 27.3. The summed E-state index contributed by atoms with van der Waals surface area (Å²) in [6.07, 6.45) is 7.96. The summed E-state index contributed by atoms with van der Waals surface area (Å²) in [6.45, 7) is 1.83. The third kappa shape index (κ3) is 5.35. The van der Waals surface area contributed by atoms with E-state index in [1.807, 2.05) is 6.92 Å². The molecule has 5 nitrogen and oxygen atoms in total. The summed E-state index contributed by atoms with van der Waals surface area (Å²) >= 11 is 5.89. The molecule has 1 amide bonds. The molecule has 1 aliphatic rings. The normalized spacial score (nSPS) is 15.8. The molecule has 162 valence electrons. The molecule has 0 bridgehead atoms. The van der Waals surface area contributed by atoms with Crippen molar-refractivity contribution in [2.24, 2.45) is 0 Å². The third-order valence-corrected chi connectivity index (χ3v) is 7.76. The summed E-state index contributed by atoms with van der Waals surface area (Å²) in [7, 11) is -2.26. The molecule has 0 spiro atoms. The van der Waals surface area contributed by atoms with Gasteiger partial charge in [0.25, 0.3) is 15.9 Å². The molecule has 0 saturated heterocycles. The van der Waals surface area contributed by atoms with Gasteiger partial charge in [-0.15, -0.1) is 0 Å². The van der Waals surface area contributed by atoms with Gasteiger partial charge < -0.3 is 5.32 Å². The van der Waals surface area contributed by atoms with Gasteiger partial charge in [-0.25, -0.2) is 8.42 Å². The van der Waals surface area contributed by atoms with Crippen LogP contribution in [0, 0.1) is 6.92 Å². The molecule has 0 radical (unpaired) electrons. The predicted octanol–water partition coefficient (Wildman–Crippen LogP) is 5.32. The molecular formula is C23H29ClN2O3S. The Labute approximate surface area is 184 Å². The first kappa shape index (κ1) is 22.6. The molecule has 0 aromatic heterocycles. The molecule has 0 unspecified atom stereocenters. The largest absolute Gasteiger partial charge is 0.349 e. The standard InChI is InChI=1S/C23H29ClN2O3S/c1-17-10-11-18(23(27)25-20-8-6-4-3-5-7-9-20)16-22(17)26(2)30(28,29)21-14-12-19(24)13-15-21/h10-16,20H,3-9H2,1-2H3,(H,25,27). The SMILES string of the molecule is Cc1ccc(C(=O)NC2CCCCCCC2)cc1N(C)S(=O)(=O)c1ccc(Cl)cc1. The molecule has 0 atom stereocenters.